The number of ether oxygens (including phenoxy) is 2. The maximum Gasteiger partial charge on any atom is 0.254 e. The third kappa shape index (κ3) is 3.52. The molecule has 2 heterocycles. The van der Waals surface area contributed by atoms with Crippen molar-refractivity contribution in [3.05, 3.63) is 59.9 Å². The van der Waals surface area contributed by atoms with Crippen LogP contribution in [0.2, 0.25) is 0 Å². The Balaban J connectivity index is 1.57. The van der Waals surface area contributed by atoms with Gasteiger partial charge in [-0.3, -0.25) is 4.79 Å². The van der Waals surface area contributed by atoms with Crippen LogP contribution in [0.4, 0.5) is 0 Å². The first kappa shape index (κ1) is 17.2. The summed E-state index contributed by atoms with van der Waals surface area (Å²) in [4.78, 5) is 14.8. The number of amides is 1. The molecule has 138 valence electrons. The van der Waals surface area contributed by atoms with E-state index in [2.05, 4.69) is 20.6 Å². The summed E-state index contributed by atoms with van der Waals surface area (Å²) in [5.74, 6) is 1.17. The van der Waals surface area contributed by atoms with E-state index in [1.807, 2.05) is 48.5 Å². The first-order valence-corrected chi connectivity index (χ1v) is 8.64. The van der Waals surface area contributed by atoms with Gasteiger partial charge in [-0.25, -0.2) is 0 Å². The van der Waals surface area contributed by atoms with Crippen LogP contribution in [0.5, 0.6) is 5.75 Å². The van der Waals surface area contributed by atoms with Crippen molar-refractivity contribution in [3.63, 3.8) is 0 Å². The zero-order chi connectivity index (χ0) is 18.6. The number of tetrazole rings is 1. The van der Waals surface area contributed by atoms with Gasteiger partial charge in [0.05, 0.1) is 20.3 Å². The molecule has 2 aromatic carbocycles. The van der Waals surface area contributed by atoms with Gasteiger partial charge in [0.1, 0.15) is 11.9 Å². The van der Waals surface area contributed by atoms with Crippen molar-refractivity contribution < 1.29 is 14.3 Å². The molecule has 0 aliphatic carbocycles. The molecule has 8 heteroatoms. The van der Waals surface area contributed by atoms with Gasteiger partial charge in [0.25, 0.3) is 5.91 Å². The lowest BCUT2D eigenvalue weighted by Gasteiger charge is -2.31. The fraction of sp³-hybridized carbons (Fsp3) is 0.263. The highest BCUT2D eigenvalue weighted by Gasteiger charge is 2.28. The fourth-order valence-corrected chi connectivity index (χ4v) is 3.18. The van der Waals surface area contributed by atoms with Crippen molar-refractivity contribution in [3.8, 4) is 16.9 Å². The van der Waals surface area contributed by atoms with E-state index in [9.17, 15) is 4.79 Å². The number of methoxy groups -OCH3 is 1. The van der Waals surface area contributed by atoms with Crippen LogP contribution in [-0.4, -0.2) is 58.2 Å². The van der Waals surface area contributed by atoms with Gasteiger partial charge in [-0.15, -0.1) is 10.2 Å². The molecule has 1 saturated heterocycles. The third-order valence-corrected chi connectivity index (χ3v) is 4.53. The zero-order valence-electron chi connectivity index (χ0n) is 14.8. The Labute approximate surface area is 156 Å². The van der Waals surface area contributed by atoms with Gasteiger partial charge < -0.3 is 14.4 Å². The van der Waals surface area contributed by atoms with Crippen molar-refractivity contribution in [2.75, 3.05) is 26.8 Å². The lowest BCUT2D eigenvalue weighted by molar-refractivity contribution is -0.0268. The van der Waals surface area contributed by atoms with Crippen molar-refractivity contribution in [1.29, 1.82) is 0 Å². The molecule has 1 unspecified atom stereocenters. The van der Waals surface area contributed by atoms with Gasteiger partial charge in [0.15, 0.2) is 0 Å². The number of benzene rings is 2. The Bertz CT molecular complexity index is 929. The molecule has 1 aliphatic heterocycles. The summed E-state index contributed by atoms with van der Waals surface area (Å²) < 4.78 is 11.1. The summed E-state index contributed by atoms with van der Waals surface area (Å²) in [5, 5.41) is 13.9. The summed E-state index contributed by atoms with van der Waals surface area (Å²) in [5.41, 5.74) is 2.50. The first-order valence-electron chi connectivity index (χ1n) is 8.64. The number of aromatic nitrogens is 4. The largest absolute Gasteiger partial charge is 0.496 e. The summed E-state index contributed by atoms with van der Waals surface area (Å²) in [6.07, 6.45) is -0.376. The molecule has 1 aliphatic rings. The Hall–Kier alpha value is -3.26. The summed E-state index contributed by atoms with van der Waals surface area (Å²) >= 11 is 0. The van der Waals surface area contributed by atoms with E-state index >= 15 is 0 Å². The number of aromatic amines is 1. The molecule has 0 radical (unpaired) electrons. The number of H-pyrrole nitrogens is 1. The molecule has 1 aromatic heterocycles. The minimum Gasteiger partial charge on any atom is -0.496 e. The van der Waals surface area contributed by atoms with Gasteiger partial charge in [0, 0.05) is 17.7 Å². The van der Waals surface area contributed by atoms with E-state index in [4.69, 9.17) is 9.47 Å². The molecule has 0 saturated carbocycles. The van der Waals surface area contributed by atoms with E-state index in [-0.39, 0.29) is 12.0 Å². The molecule has 0 spiro atoms. The molecule has 8 nitrogen and oxygen atoms in total. The average molecular weight is 365 g/mol. The summed E-state index contributed by atoms with van der Waals surface area (Å²) in [7, 11) is 1.64. The van der Waals surface area contributed by atoms with E-state index < -0.39 is 0 Å². The van der Waals surface area contributed by atoms with Crippen molar-refractivity contribution in [1.82, 2.24) is 25.5 Å². The first-order chi connectivity index (χ1) is 13.3. The lowest BCUT2D eigenvalue weighted by atomic mass is 10.0. The highest BCUT2D eigenvalue weighted by atomic mass is 16.5. The molecule has 1 N–H and O–H groups in total. The lowest BCUT2D eigenvalue weighted by Crippen LogP contribution is -2.42. The highest BCUT2D eigenvalue weighted by Crippen LogP contribution is 2.30. The molecule has 1 amide bonds. The number of hydrogen-bond donors (Lipinski definition) is 1. The van der Waals surface area contributed by atoms with Crippen LogP contribution in [0.25, 0.3) is 11.1 Å². The number of carbonyl (C=O) groups excluding carboxylic acids is 1. The Morgan fingerprint density at radius 1 is 1.26 bits per heavy atom. The number of rotatable bonds is 4. The van der Waals surface area contributed by atoms with Crippen LogP contribution in [0.3, 0.4) is 0 Å². The van der Waals surface area contributed by atoms with Gasteiger partial charge in [-0.2, -0.15) is 5.21 Å². The molecule has 27 heavy (non-hydrogen) atoms. The topological polar surface area (TPSA) is 93.2 Å². The van der Waals surface area contributed by atoms with E-state index in [0.717, 1.165) is 16.9 Å². The predicted octanol–water partition coefficient (Wildman–Crippen LogP) is 2.09. The number of para-hydroxylation sites is 1. The predicted molar refractivity (Wildman–Crippen MR) is 97.2 cm³/mol. The maximum absolute atomic E-state index is 13.0. The van der Waals surface area contributed by atoms with Crippen LogP contribution < -0.4 is 4.74 Å². The molecular weight excluding hydrogens is 346 g/mol. The second-order valence-electron chi connectivity index (χ2n) is 6.16. The van der Waals surface area contributed by atoms with Crippen molar-refractivity contribution in [2.45, 2.75) is 6.10 Å². The second-order valence-corrected chi connectivity index (χ2v) is 6.16. The van der Waals surface area contributed by atoms with Gasteiger partial charge in [-0.1, -0.05) is 35.5 Å². The van der Waals surface area contributed by atoms with Crippen LogP contribution >= 0.6 is 0 Å². The maximum atomic E-state index is 13.0. The van der Waals surface area contributed by atoms with Crippen LogP contribution in [-0.2, 0) is 4.74 Å². The SMILES string of the molecule is COc1ccccc1-c1cccc(C(=O)N2CCOC(c3nn[nH]n3)C2)c1. The summed E-state index contributed by atoms with van der Waals surface area (Å²) in [6.45, 7) is 1.33. The van der Waals surface area contributed by atoms with Gasteiger partial charge in [0.2, 0.25) is 5.82 Å². The third-order valence-electron chi connectivity index (χ3n) is 4.53. The Morgan fingerprint density at radius 3 is 2.96 bits per heavy atom. The minimum atomic E-state index is -0.376. The Kier molecular flexibility index (Phi) is 4.80. The Morgan fingerprint density at radius 2 is 2.15 bits per heavy atom. The molecule has 3 aromatic rings. The standard InChI is InChI=1S/C19H19N5O3/c1-26-16-8-3-2-7-15(16)13-5-4-6-14(11-13)19(25)24-9-10-27-17(12-24)18-20-22-23-21-18/h2-8,11,17H,9-10,12H2,1H3,(H,20,21,22,23). The van der Waals surface area contributed by atoms with Gasteiger partial charge >= 0.3 is 0 Å². The van der Waals surface area contributed by atoms with Crippen LogP contribution in [0, 0.1) is 0 Å². The highest BCUT2D eigenvalue weighted by molar-refractivity contribution is 5.95. The molecule has 1 atom stereocenters. The number of morpholine rings is 1. The monoisotopic (exact) mass is 365 g/mol. The number of nitrogens with zero attached hydrogens (tertiary/aromatic N) is 4. The van der Waals surface area contributed by atoms with E-state index in [0.29, 0.717) is 31.1 Å². The fourth-order valence-electron chi connectivity index (χ4n) is 3.18. The van der Waals surface area contributed by atoms with Crippen molar-refractivity contribution in [2.24, 2.45) is 0 Å². The number of nitrogens with one attached hydrogen (secondary N) is 1. The quantitative estimate of drug-likeness (QED) is 0.761. The smallest absolute Gasteiger partial charge is 0.254 e. The van der Waals surface area contributed by atoms with Crippen molar-refractivity contribution >= 4 is 5.91 Å². The normalized spacial score (nSPS) is 16.9. The second kappa shape index (κ2) is 7.55. The van der Waals surface area contributed by atoms with Crippen LogP contribution in [0.1, 0.15) is 22.3 Å². The molecule has 4 rings (SSSR count). The van der Waals surface area contributed by atoms with Crippen LogP contribution in [0.15, 0.2) is 48.5 Å². The van der Waals surface area contributed by atoms with E-state index in [1.165, 1.54) is 0 Å². The number of hydrogen-bond acceptors (Lipinski definition) is 6. The molecular formula is C19H19N5O3. The average Bonchev–Trinajstić information content (AvgIpc) is 3.28. The van der Waals surface area contributed by atoms with E-state index in [1.54, 1.807) is 12.0 Å². The molecule has 0 bridgehead atoms. The summed E-state index contributed by atoms with van der Waals surface area (Å²) in [6, 6.07) is 15.3. The minimum absolute atomic E-state index is 0.0523. The zero-order valence-corrected chi connectivity index (χ0v) is 14.8. The van der Waals surface area contributed by atoms with Gasteiger partial charge in [-0.05, 0) is 23.8 Å². The molecule has 1 fully saturated rings. The number of carbonyl (C=O) groups is 1.